The molecule has 0 amide bonds. The lowest BCUT2D eigenvalue weighted by Crippen LogP contribution is -2.27. The third-order valence-corrected chi connectivity index (χ3v) is 3.07. The van der Waals surface area contributed by atoms with Gasteiger partial charge in [0.1, 0.15) is 17.1 Å². The number of aliphatic carboxylic acids is 1. The number of carboxylic acid groups (broad SMARTS) is 1. The van der Waals surface area contributed by atoms with Crippen molar-refractivity contribution in [3.8, 4) is 11.5 Å². The molecule has 0 radical (unpaired) electrons. The first kappa shape index (κ1) is 13.5. The molecule has 0 fully saturated rings. The van der Waals surface area contributed by atoms with Crippen molar-refractivity contribution in [3.63, 3.8) is 0 Å². The zero-order valence-electron chi connectivity index (χ0n) is 11.4. The molecule has 1 aliphatic rings. The normalized spacial score (nSPS) is 15.5. The Kier molecular flexibility index (Phi) is 3.51. The highest BCUT2D eigenvalue weighted by molar-refractivity contribution is 5.71. The SMILES string of the molecule is COc1c(CCC(=O)O)ccc2c1C=CC(C)(C)O2. The molecule has 0 aromatic heterocycles. The van der Waals surface area contributed by atoms with Gasteiger partial charge in [-0.15, -0.1) is 0 Å². The van der Waals surface area contributed by atoms with E-state index in [0.717, 1.165) is 16.9 Å². The summed E-state index contributed by atoms with van der Waals surface area (Å²) in [5.41, 5.74) is 1.43. The number of methoxy groups -OCH3 is 1. The van der Waals surface area contributed by atoms with Gasteiger partial charge in [-0.2, -0.15) is 0 Å². The van der Waals surface area contributed by atoms with E-state index in [1.54, 1.807) is 7.11 Å². The smallest absolute Gasteiger partial charge is 0.303 e. The fourth-order valence-corrected chi connectivity index (χ4v) is 2.15. The van der Waals surface area contributed by atoms with Crippen molar-refractivity contribution in [3.05, 3.63) is 29.3 Å². The molecule has 0 unspecified atom stereocenters. The first-order valence-electron chi connectivity index (χ1n) is 6.23. The van der Waals surface area contributed by atoms with Crippen LogP contribution in [0.5, 0.6) is 11.5 Å². The standard InChI is InChI=1S/C15H18O4/c1-15(2)9-8-11-12(19-15)6-4-10(14(11)18-3)5-7-13(16)17/h4,6,8-9H,5,7H2,1-3H3,(H,16,17). The molecule has 4 heteroatoms. The van der Waals surface area contributed by atoms with E-state index in [4.69, 9.17) is 14.6 Å². The number of aryl methyl sites for hydroxylation is 1. The van der Waals surface area contributed by atoms with Gasteiger partial charge in [-0.05, 0) is 44.1 Å². The number of carbonyl (C=O) groups is 1. The topological polar surface area (TPSA) is 55.8 Å². The van der Waals surface area contributed by atoms with Crippen LogP contribution in [0.4, 0.5) is 0 Å². The van der Waals surface area contributed by atoms with E-state index in [2.05, 4.69) is 0 Å². The van der Waals surface area contributed by atoms with Gasteiger partial charge in [0.15, 0.2) is 0 Å². The number of benzene rings is 1. The lowest BCUT2D eigenvalue weighted by atomic mass is 9.98. The van der Waals surface area contributed by atoms with Gasteiger partial charge in [0, 0.05) is 6.42 Å². The highest BCUT2D eigenvalue weighted by Gasteiger charge is 2.24. The molecule has 102 valence electrons. The van der Waals surface area contributed by atoms with Crippen molar-refractivity contribution in [2.45, 2.75) is 32.3 Å². The average Bonchev–Trinajstić information content (AvgIpc) is 2.34. The highest BCUT2D eigenvalue weighted by Crippen LogP contribution is 2.39. The third kappa shape index (κ3) is 2.89. The van der Waals surface area contributed by atoms with Gasteiger partial charge in [-0.25, -0.2) is 0 Å². The van der Waals surface area contributed by atoms with Gasteiger partial charge in [-0.1, -0.05) is 6.07 Å². The van der Waals surface area contributed by atoms with E-state index in [-0.39, 0.29) is 12.0 Å². The van der Waals surface area contributed by atoms with Crippen molar-refractivity contribution in [1.82, 2.24) is 0 Å². The molecular weight excluding hydrogens is 244 g/mol. The van der Waals surface area contributed by atoms with Crippen molar-refractivity contribution < 1.29 is 19.4 Å². The van der Waals surface area contributed by atoms with Crippen LogP contribution in [-0.2, 0) is 11.2 Å². The molecule has 4 nitrogen and oxygen atoms in total. The fraction of sp³-hybridized carbons (Fsp3) is 0.400. The van der Waals surface area contributed by atoms with Crippen LogP contribution >= 0.6 is 0 Å². The number of hydrogen-bond donors (Lipinski definition) is 1. The molecule has 1 heterocycles. The van der Waals surface area contributed by atoms with E-state index in [1.165, 1.54) is 0 Å². The maximum atomic E-state index is 10.7. The van der Waals surface area contributed by atoms with Crippen molar-refractivity contribution in [2.24, 2.45) is 0 Å². The minimum atomic E-state index is -0.812. The minimum Gasteiger partial charge on any atom is -0.496 e. The second kappa shape index (κ2) is 4.96. The second-order valence-electron chi connectivity index (χ2n) is 5.10. The van der Waals surface area contributed by atoms with Crippen LogP contribution in [0.3, 0.4) is 0 Å². The van der Waals surface area contributed by atoms with Gasteiger partial charge >= 0.3 is 5.97 Å². The van der Waals surface area contributed by atoms with Crippen LogP contribution in [0.2, 0.25) is 0 Å². The Bertz CT molecular complexity index is 529. The third-order valence-electron chi connectivity index (χ3n) is 3.07. The molecule has 0 atom stereocenters. The van der Waals surface area contributed by atoms with Gasteiger partial charge in [0.05, 0.1) is 12.7 Å². The molecular formula is C15H18O4. The fourth-order valence-electron chi connectivity index (χ4n) is 2.15. The van der Waals surface area contributed by atoms with Crippen molar-refractivity contribution in [2.75, 3.05) is 7.11 Å². The van der Waals surface area contributed by atoms with Crippen LogP contribution in [0.15, 0.2) is 18.2 Å². The molecule has 1 aliphatic heterocycles. The zero-order valence-corrected chi connectivity index (χ0v) is 11.4. The molecule has 0 aliphatic carbocycles. The molecule has 19 heavy (non-hydrogen) atoms. The lowest BCUT2D eigenvalue weighted by molar-refractivity contribution is -0.136. The van der Waals surface area contributed by atoms with Crippen LogP contribution in [-0.4, -0.2) is 23.8 Å². The predicted molar refractivity (Wildman–Crippen MR) is 72.7 cm³/mol. The van der Waals surface area contributed by atoms with Gasteiger partial charge in [-0.3, -0.25) is 4.79 Å². The van der Waals surface area contributed by atoms with Crippen molar-refractivity contribution >= 4 is 12.0 Å². The first-order chi connectivity index (χ1) is 8.93. The number of fused-ring (bicyclic) bond motifs is 1. The first-order valence-corrected chi connectivity index (χ1v) is 6.23. The Labute approximate surface area is 112 Å². The summed E-state index contributed by atoms with van der Waals surface area (Å²) in [5, 5.41) is 8.77. The summed E-state index contributed by atoms with van der Waals surface area (Å²) in [6, 6.07) is 3.75. The quantitative estimate of drug-likeness (QED) is 0.906. The molecule has 0 bridgehead atoms. The number of hydrogen-bond acceptors (Lipinski definition) is 3. The largest absolute Gasteiger partial charge is 0.496 e. The van der Waals surface area contributed by atoms with Crippen molar-refractivity contribution in [1.29, 1.82) is 0 Å². The van der Waals surface area contributed by atoms with Gasteiger partial charge < -0.3 is 14.6 Å². The maximum absolute atomic E-state index is 10.7. The summed E-state index contributed by atoms with van der Waals surface area (Å²) in [7, 11) is 1.59. The average molecular weight is 262 g/mol. The van der Waals surface area contributed by atoms with Crippen LogP contribution < -0.4 is 9.47 Å². The van der Waals surface area contributed by atoms with E-state index < -0.39 is 5.97 Å². The molecule has 0 saturated heterocycles. The van der Waals surface area contributed by atoms with Crippen LogP contribution in [0.1, 0.15) is 31.4 Å². The van der Waals surface area contributed by atoms with E-state index in [9.17, 15) is 4.79 Å². The van der Waals surface area contributed by atoms with Gasteiger partial charge in [0.2, 0.25) is 0 Å². The van der Waals surface area contributed by atoms with E-state index in [1.807, 2.05) is 38.1 Å². The van der Waals surface area contributed by atoms with E-state index in [0.29, 0.717) is 12.2 Å². The lowest BCUT2D eigenvalue weighted by Gasteiger charge is -2.29. The summed E-state index contributed by atoms with van der Waals surface area (Å²) in [6.07, 6.45) is 4.48. The van der Waals surface area contributed by atoms with Crippen LogP contribution in [0.25, 0.3) is 6.08 Å². The summed E-state index contributed by atoms with van der Waals surface area (Å²) in [4.78, 5) is 10.7. The summed E-state index contributed by atoms with van der Waals surface area (Å²) in [6.45, 7) is 3.97. The minimum absolute atomic E-state index is 0.0885. The highest BCUT2D eigenvalue weighted by atomic mass is 16.5. The Morgan fingerprint density at radius 3 is 2.79 bits per heavy atom. The molecule has 1 aromatic rings. The van der Waals surface area contributed by atoms with E-state index >= 15 is 0 Å². The molecule has 0 spiro atoms. The number of carboxylic acids is 1. The number of ether oxygens (including phenoxy) is 2. The predicted octanol–water partition coefficient (Wildman–Crippen LogP) is 2.90. The molecule has 0 saturated carbocycles. The summed E-state index contributed by atoms with van der Waals surface area (Å²) < 4.78 is 11.3. The molecule has 2 rings (SSSR count). The summed E-state index contributed by atoms with van der Waals surface area (Å²) >= 11 is 0. The monoisotopic (exact) mass is 262 g/mol. The second-order valence-corrected chi connectivity index (χ2v) is 5.10. The Morgan fingerprint density at radius 1 is 1.42 bits per heavy atom. The Hall–Kier alpha value is -1.97. The molecule has 1 N–H and O–H groups in total. The Morgan fingerprint density at radius 2 is 2.16 bits per heavy atom. The molecule has 1 aromatic carbocycles. The number of rotatable bonds is 4. The Balaban J connectivity index is 2.37. The van der Waals surface area contributed by atoms with Gasteiger partial charge in [0.25, 0.3) is 0 Å². The maximum Gasteiger partial charge on any atom is 0.303 e. The zero-order chi connectivity index (χ0) is 14.0. The summed E-state index contributed by atoms with van der Waals surface area (Å²) in [5.74, 6) is 0.654. The van der Waals surface area contributed by atoms with Crippen LogP contribution in [0, 0.1) is 0 Å².